The van der Waals surface area contributed by atoms with Crippen molar-refractivity contribution in [3.63, 3.8) is 0 Å². The van der Waals surface area contributed by atoms with Crippen LogP contribution in [0.2, 0.25) is 0 Å². The Morgan fingerprint density at radius 2 is 1.91 bits per heavy atom. The number of hydrogen-bond acceptors (Lipinski definition) is 3. The molecular weight excluding hydrogens is 301 g/mol. The van der Waals surface area contributed by atoms with Gasteiger partial charge in [0, 0.05) is 37.6 Å². The third-order valence-corrected chi connectivity index (χ3v) is 4.79. The van der Waals surface area contributed by atoms with Crippen molar-refractivity contribution in [3.05, 3.63) is 30.1 Å². The number of piperazine rings is 1. The highest BCUT2D eigenvalue weighted by Gasteiger charge is 2.19. The van der Waals surface area contributed by atoms with Crippen LogP contribution in [0.4, 0.5) is 9.18 Å². The average molecular weight is 325 g/mol. The summed E-state index contributed by atoms with van der Waals surface area (Å²) in [6.45, 7) is 7.16. The number of urea groups is 1. The Morgan fingerprint density at radius 3 is 2.55 bits per heavy atom. The zero-order chi connectivity index (χ0) is 15.8. The standard InChI is InChI=1S/C16H24FN3OS/c1-2-18-16(21)20-11-9-19(10-12-20)8-3-13-22-15-6-4-14(17)5-7-15/h4-7H,2-3,8-13H2,1H3,(H,18,21). The van der Waals surface area contributed by atoms with Gasteiger partial charge in [-0.05, 0) is 49.9 Å². The van der Waals surface area contributed by atoms with Crippen LogP contribution in [0.15, 0.2) is 29.2 Å². The van der Waals surface area contributed by atoms with Crippen molar-refractivity contribution >= 4 is 17.8 Å². The second kappa shape index (κ2) is 9.00. The van der Waals surface area contributed by atoms with E-state index in [4.69, 9.17) is 0 Å². The number of benzene rings is 1. The van der Waals surface area contributed by atoms with Crippen molar-refractivity contribution < 1.29 is 9.18 Å². The van der Waals surface area contributed by atoms with E-state index in [9.17, 15) is 9.18 Å². The third-order valence-electron chi connectivity index (χ3n) is 3.69. The largest absolute Gasteiger partial charge is 0.338 e. The molecule has 0 radical (unpaired) electrons. The maximum Gasteiger partial charge on any atom is 0.317 e. The van der Waals surface area contributed by atoms with E-state index in [0.29, 0.717) is 6.54 Å². The SMILES string of the molecule is CCNC(=O)N1CCN(CCCSc2ccc(F)cc2)CC1. The first-order valence-electron chi connectivity index (χ1n) is 7.82. The van der Waals surface area contributed by atoms with Gasteiger partial charge in [-0.25, -0.2) is 9.18 Å². The smallest absolute Gasteiger partial charge is 0.317 e. The molecule has 2 rings (SSSR count). The van der Waals surface area contributed by atoms with Gasteiger partial charge in [0.25, 0.3) is 0 Å². The molecule has 1 fully saturated rings. The third kappa shape index (κ3) is 5.50. The van der Waals surface area contributed by atoms with Gasteiger partial charge in [-0.1, -0.05) is 0 Å². The van der Waals surface area contributed by atoms with Gasteiger partial charge in [0.05, 0.1) is 0 Å². The fraction of sp³-hybridized carbons (Fsp3) is 0.562. The van der Waals surface area contributed by atoms with E-state index < -0.39 is 0 Å². The molecule has 1 N–H and O–H groups in total. The molecule has 22 heavy (non-hydrogen) atoms. The molecule has 6 heteroatoms. The van der Waals surface area contributed by atoms with E-state index in [2.05, 4.69) is 10.2 Å². The van der Waals surface area contributed by atoms with Gasteiger partial charge < -0.3 is 10.2 Å². The number of halogens is 1. The summed E-state index contributed by atoms with van der Waals surface area (Å²) in [7, 11) is 0. The lowest BCUT2D eigenvalue weighted by Crippen LogP contribution is -2.51. The lowest BCUT2D eigenvalue weighted by atomic mass is 10.3. The molecule has 2 amide bonds. The maximum absolute atomic E-state index is 12.8. The molecule has 0 unspecified atom stereocenters. The summed E-state index contributed by atoms with van der Waals surface area (Å²) in [4.78, 5) is 17.1. The van der Waals surface area contributed by atoms with Crippen molar-refractivity contribution in [1.82, 2.24) is 15.1 Å². The fourth-order valence-corrected chi connectivity index (χ4v) is 3.28. The molecule has 0 atom stereocenters. The van der Waals surface area contributed by atoms with Gasteiger partial charge in [-0.2, -0.15) is 0 Å². The normalized spacial score (nSPS) is 15.8. The van der Waals surface area contributed by atoms with Crippen molar-refractivity contribution in [2.75, 3.05) is 45.0 Å². The molecule has 1 heterocycles. The first-order valence-corrected chi connectivity index (χ1v) is 8.81. The van der Waals surface area contributed by atoms with Crippen LogP contribution in [0, 0.1) is 5.82 Å². The first kappa shape index (κ1) is 17.1. The average Bonchev–Trinajstić information content (AvgIpc) is 2.54. The Hall–Kier alpha value is -1.27. The monoisotopic (exact) mass is 325 g/mol. The van der Waals surface area contributed by atoms with Crippen LogP contribution in [0.25, 0.3) is 0 Å². The summed E-state index contributed by atoms with van der Waals surface area (Å²) in [6.07, 6.45) is 1.10. The van der Waals surface area contributed by atoms with E-state index in [0.717, 1.165) is 49.8 Å². The molecule has 1 aliphatic heterocycles. The Bertz CT molecular complexity index is 461. The molecule has 1 aromatic carbocycles. The number of thioether (sulfide) groups is 1. The molecule has 122 valence electrons. The van der Waals surface area contributed by atoms with Gasteiger partial charge >= 0.3 is 6.03 Å². The number of nitrogens with zero attached hydrogens (tertiary/aromatic N) is 2. The number of nitrogens with one attached hydrogen (secondary N) is 1. The number of carbonyl (C=O) groups is 1. The maximum atomic E-state index is 12.8. The zero-order valence-electron chi connectivity index (χ0n) is 13.1. The summed E-state index contributed by atoms with van der Waals surface area (Å²) < 4.78 is 12.8. The molecule has 0 saturated carbocycles. The Balaban J connectivity index is 1.59. The highest BCUT2D eigenvalue weighted by molar-refractivity contribution is 7.99. The summed E-state index contributed by atoms with van der Waals surface area (Å²) in [5.74, 6) is 0.844. The lowest BCUT2D eigenvalue weighted by molar-refractivity contribution is 0.140. The van der Waals surface area contributed by atoms with E-state index in [1.54, 1.807) is 11.8 Å². The molecule has 1 saturated heterocycles. The predicted octanol–water partition coefficient (Wildman–Crippen LogP) is 2.66. The molecule has 4 nitrogen and oxygen atoms in total. The van der Waals surface area contributed by atoms with E-state index in [-0.39, 0.29) is 11.8 Å². The zero-order valence-corrected chi connectivity index (χ0v) is 13.9. The van der Waals surface area contributed by atoms with Gasteiger partial charge in [0.1, 0.15) is 5.82 Å². The van der Waals surface area contributed by atoms with Crippen LogP contribution in [0.1, 0.15) is 13.3 Å². The first-order chi connectivity index (χ1) is 10.7. The fourth-order valence-electron chi connectivity index (χ4n) is 2.45. The van der Waals surface area contributed by atoms with Gasteiger partial charge in [-0.3, -0.25) is 4.90 Å². The van der Waals surface area contributed by atoms with Crippen LogP contribution in [-0.2, 0) is 0 Å². The Kier molecular flexibility index (Phi) is 6.99. The molecule has 0 spiro atoms. The molecule has 1 aliphatic rings. The highest BCUT2D eigenvalue weighted by atomic mass is 32.2. The second-order valence-corrected chi connectivity index (χ2v) is 6.49. The van der Waals surface area contributed by atoms with Gasteiger partial charge in [-0.15, -0.1) is 11.8 Å². The topological polar surface area (TPSA) is 35.6 Å². The van der Waals surface area contributed by atoms with Crippen molar-refractivity contribution in [2.24, 2.45) is 0 Å². The van der Waals surface area contributed by atoms with Crippen LogP contribution in [-0.4, -0.2) is 60.9 Å². The summed E-state index contributed by atoms with van der Waals surface area (Å²) in [5, 5.41) is 2.84. The van der Waals surface area contributed by atoms with E-state index >= 15 is 0 Å². The number of rotatable bonds is 6. The molecular formula is C16H24FN3OS. The summed E-state index contributed by atoms with van der Waals surface area (Å²) >= 11 is 1.76. The Labute approximate surface area is 136 Å². The molecule has 0 bridgehead atoms. The molecule has 0 aromatic heterocycles. The van der Waals surface area contributed by atoms with Crippen LogP contribution >= 0.6 is 11.8 Å². The van der Waals surface area contributed by atoms with E-state index in [1.165, 1.54) is 12.1 Å². The van der Waals surface area contributed by atoms with E-state index in [1.807, 2.05) is 24.0 Å². The minimum absolute atomic E-state index is 0.0500. The highest BCUT2D eigenvalue weighted by Crippen LogP contribution is 2.19. The second-order valence-electron chi connectivity index (χ2n) is 5.32. The van der Waals surface area contributed by atoms with Crippen molar-refractivity contribution in [2.45, 2.75) is 18.2 Å². The van der Waals surface area contributed by atoms with Crippen LogP contribution < -0.4 is 5.32 Å². The summed E-state index contributed by atoms with van der Waals surface area (Å²) in [6, 6.07) is 6.70. The quantitative estimate of drug-likeness (QED) is 0.645. The van der Waals surface area contributed by atoms with Crippen LogP contribution in [0.5, 0.6) is 0 Å². The minimum Gasteiger partial charge on any atom is -0.338 e. The van der Waals surface area contributed by atoms with Crippen LogP contribution in [0.3, 0.4) is 0 Å². The van der Waals surface area contributed by atoms with Crippen molar-refractivity contribution in [1.29, 1.82) is 0 Å². The Morgan fingerprint density at radius 1 is 1.23 bits per heavy atom. The predicted molar refractivity (Wildman–Crippen MR) is 88.8 cm³/mol. The van der Waals surface area contributed by atoms with Crippen molar-refractivity contribution in [3.8, 4) is 0 Å². The van der Waals surface area contributed by atoms with Gasteiger partial charge in [0.2, 0.25) is 0 Å². The molecule has 0 aliphatic carbocycles. The summed E-state index contributed by atoms with van der Waals surface area (Å²) in [5.41, 5.74) is 0. The minimum atomic E-state index is -0.186. The number of hydrogen-bond donors (Lipinski definition) is 1. The lowest BCUT2D eigenvalue weighted by Gasteiger charge is -2.34. The number of carbonyl (C=O) groups excluding carboxylic acids is 1. The van der Waals surface area contributed by atoms with Gasteiger partial charge in [0.15, 0.2) is 0 Å². The molecule has 1 aromatic rings. The number of amides is 2.